The van der Waals surface area contributed by atoms with E-state index < -0.39 is 5.92 Å². The van der Waals surface area contributed by atoms with Crippen LogP contribution in [0.25, 0.3) is 11.0 Å². The Kier molecular flexibility index (Phi) is 3.31. The largest absolute Gasteiger partial charge is 0.497 e. The number of Topliss-reactive ketones (excluding diaryl/α,β-unsaturated/α-hetero) is 1. The minimum atomic E-state index is -0.799. The van der Waals surface area contributed by atoms with Crippen LogP contribution in [0, 0.1) is 11.3 Å². The van der Waals surface area contributed by atoms with Crippen molar-refractivity contribution in [1.29, 1.82) is 5.26 Å². The lowest BCUT2D eigenvalue weighted by Crippen LogP contribution is -2.29. The molecule has 1 aromatic heterocycles. The van der Waals surface area contributed by atoms with E-state index >= 15 is 0 Å². The maximum Gasteiger partial charge on any atom is 0.162 e. The third kappa shape index (κ3) is 2.08. The minimum Gasteiger partial charge on any atom is -0.497 e. The predicted molar refractivity (Wildman–Crippen MR) is 88.8 cm³/mol. The van der Waals surface area contributed by atoms with Gasteiger partial charge in [-0.2, -0.15) is 5.26 Å². The number of imidazole rings is 1. The summed E-state index contributed by atoms with van der Waals surface area (Å²) in [5.41, 5.74) is 2.76. The molecule has 0 aliphatic carbocycles. The van der Waals surface area contributed by atoms with Gasteiger partial charge in [0, 0.05) is 6.42 Å². The molecule has 4 rings (SSSR count). The van der Waals surface area contributed by atoms with Crippen molar-refractivity contribution in [1.82, 2.24) is 9.55 Å². The summed E-state index contributed by atoms with van der Waals surface area (Å²) in [5.74, 6) is 0.426. The summed E-state index contributed by atoms with van der Waals surface area (Å²) in [4.78, 5) is 17.0. The van der Waals surface area contributed by atoms with Crippen LogP contribution in [0.3, 0.4) is 0 Å². The van der Waals surface area contributed by atoms with Gasteiger partial charge in [0.2, 0.25) is 0 Å². The molecular weight excluding hydrogens is 302 g/mol. The number of carbonyl (C=O) groups excluding carboxylic acids is 1. The van der Waals surface area contributed by atoms with Crippen LogP contribution in [0.2, 0.25) is 0 Å². The summed E-state index contributed by atoms with van der Waals surface area (Å²) in [6.07, 6.45) is 0.290. The number of ketones is 1. The molecule has 1 unspecified atom stereocenters. The molecule has 2 aromatic carbocycles. The standard InChI is InChI=1S/C19H15N3O2/c1-24-13-8-6-12(7-9-13)17-10-18(23)14(11-20)19-21-15-4-2-3-5-16(15)22(17)19/h2-9,14,17H,10H2,1H3/t14?,17-/m1/s1. The molecule has 24 heavy (non-hydrogen) atoms. The molecule has 0 bridgehead atoms. The number of nitrogens with zero attached hydrogens (tertiary/aromatic N) is 3. The number of ether oxygens (including phenoxy) is 1. The number of rotatable bonds is 2. The number of carbonyl (C=O) groups is 1. The minimum absolute atomic E-state index is 0.0823. The van der Waals surface area contributed by atoms with E-state index in [9.17, 15) is 10.1 Å². The smallest absolute Gasteiger partial charge is 0.162 e. The highest BCUT2D eigenvalue weighted by Crippen LogP contribution is 2.38. The average Bonchev–Trinajstić information content (AvgIpc) is 3.00. The van der Waals surface area contributed by atoms with Crippen LogP contribution >= 0.6 is 0 Å². The van der Waals surface area contributed by atoms with Crippen LogP contribution in [-0.2, 0) is 4.79 Å². The van der Waals surface area contributed by atoms with Gasteiger partial charge in [0.05, 0.1) is 30.3 Å². The normalized spacial score (nSPS) is 19.8. The van der Waals surface area contributed by atoms with Crippen LogP contribution in [-0.4, -0.2) is 22.4 Å². The summed E-state index contributed by atoms with van der Waals surface area (Å²) in [7, 11) is 1.62. The van der Waals surface area contributed by atoms with Gasteiger partial charge in [0.15, 0.2) is 11.7 Å². The number of benzene rings is 2. The Bertz CT molecular complexity index is 966. The lowest BCUT2D eigenvalue weighted by Gasteiger charge is -2.28. The van der Waals surface area contributed by atoms with Crippen molar-refractivity contribution < 1.29 is 9.53 Å². The molecule has 1 aliphatic rings. The fraction of sp³-hybridized carbons (Fsp3) is 0.211. The topological polar surface area (TPSA) is 67.9 Å². The maximum atomic E-state index is 12.5. The molecule has 0 N–H and O–H groups in total. The summed E-state index contributed by atoms with van der Waals surface area (Å²) in [6, 6.07) is 17.4. The first kappa shape index (κ1) is 14.5. The van der Waals surface area contributed by atoms with Crippen LogP contribution in [0.15, 0.2) is 48.5 Å². The molecule has 5 heteroatoms. The molecule has 1 aliphatic heterocycles. The van der Waals surface area contributed by atoms with Crippen LogP contribution in [0.4, 0.5) is 0 Å². The second-order valence-corrected chi connectivity index (χ2v) is 5.85. The Labute approximate surface area is 139 Å². The van der Waals surface area contributed by atoms with Crippen molar-refractivity contribution in [2.45, 2.75) is 18.4 Å². The Morgan fingerprint density at radius 1 is 1.21 bits per heavy atom. The number of hydrogen-bond acceptors (Lipinski definition) is 4. The Morgan fingerprint density at radius 2 is 1.96 bits per heavy atom. The van der Waals surface area contributed by atoms with Gasteiger partial charge >= 0.3 is 0 Å². The number of aromatic nitrogens is 2. The third-order valence-corrected chi connectivity index (χ3v) is 4.54. The summed E-state index contributed by atoms with van der Waals surface area (Å²) in [5, 5.41) is 9.42. The first-order valence-corrected chi connectivity index (χ1v) is 7.76. The molecule has 3 aromatic rings. The zero-order chi connectivity index (χ0) is 16.7. The molecule has 2 atom stereocenters. The third-order valence-electron chi connectivity index (χ3n) is 4.54. The van der Waals surface area contributed by atoms with Gasteiger partial charge in [0.25, 0.3) is 0 Å². The van der Waals surface area contributed by atoms with E-state index in [1.165, 1.54) is 0 Å². The van der Waals surface area contributed by atoms with E-state index in [-0.39, 0.29) is 18.2 Å². The van der Waals surface area contributed by atoms with E-state index in [1.54, 1.807) is 7.11 Å². The first-order valence-electron chi connectivity index (χ1n) is 7.76. The van der Waals surface area contributed by atoms with Crippen molar-refractivity contribution in [3.05, 3.63) is 59.9 Å². The molecule has 0 spiro atoms. The Hall–Kier alpha value is -3.13. The molecular formula is C19H15N3O2. The number of nitriles is 1. The van der Waals surface area contributed by atoms with Crippen molar-refractivity contribution in [2.24, 2.45) is 0 Å². The molecule has 5 nitrogen and oxygen atoms in total. The monoisotopic (exact) mass is 317 g/mol. The van der Waals surface area contributed by atoms with E-state index in [2.05, 4.69) is 11.1 Å². The molecule has 0 saturated carbocycles. The van der Waals surface area contributed by atoms with E-state index in [0.29, 0.717) is 5.82 Å². The highest BCUT2D eigenvalue weighted by atomic mass is 16.5. The SMILES string of the molecule is COc1ccc([C@H]2CC(=O)C(C#N)c3nc4ccccc4n32)cc1. The molecule has 118 valence electrons. The van der Waals surface area contributed by atoms with E-state index in [1.807, 2.05) is 53.1 Å². The number of methoxy groups -OCH3 is 1. The number of para-hydroxylation sites is 2. The highest BCUT2D eigenvalue weighted by molar-refractivity contribution is 5.91. The van der Waals surface area contributed by atoms with Crippen LogP contribution in [0.1, 0.15) is 29.8 Å². The van der Waals surface area contributed by atoms with Crippen LogP contribution in [0.5, 0.6) is 5.75 Å². The zero-order valence-corrected chi connectivity index (χ0v) is 13.1. The van der Waals surface area contributed by atoms with Crippen LogP contribution < -0.4 is 4.74 Å². The summed E-state index contributed by atoms with van der Waals surface area (Å²) < 4.78 is 7.24. The zero-order valence-electron chi connectivity index (χ0n) is 13.1. The van der Waals surface area contributed by atoms with Gasteiger partial charge in [-0.3, -0.25) is 4.79 Å². The lowest BCUT2D eigenvalue weighted by atomic mass is 9.90. The van der Waals surface area contributed by atoms with Crippen molar-refractivity contribution in [2.75, 3.05) is 7.11 Å². The quantitative estimate of drug-likeness (QED) is 0.728. The fourth-order valence-electron chi connectivity index (χ4n) is 3.36. The number of hydrogen-bond donors (Lipinski definition) is 0. The van der Waals surface area contributed by atoms with Crippen molar-refractivity contribution in [3.63, 3.8) is 0 Å². The molecule has 0 amide bonds. The van der Waals surface area contributed by atoms with Gasteiger partial charge < -0.3 is 9.30 Å². The van der Waals surface area contributed by atoms with Gasteiger partial charge in [-0.15, -0.1) is 0 Å². The maximum absolute atomic E-state index is 12.5. The average molecular weight is 317 g/mol. The first-order chi connectivity index (χ1) is 11.7. The van der Waals surface area contributed by atoms with Gasteiger partial charge in [-0.1, -0.05) is 24.3 Å². The second kappa shape index (κ2) is 5.50. The van der Waals surface area contributed by atoms with Crippen molar-refractivity contribution in [3.8, 4) is 11.8 Å². The molecule has 0 fully saturated rings. The van der Waals surface area contributed by atoms with Gasteiger partial charge in [-0.05, 0) is 29.8 Å². The lowest BCUT2D eigenvalue weighted by molar-refractivity contribution is -0.120. The molecule has 0 saturated heterocycles. The Morgan fingerprint density at radius 3 is 2.67 bits per heavy atom. The van der Waals surface area contributed by atoms with E-state index in [0.717, 1.165) is 22.3 Å². The number of fused-ring (bicyclic) bond motifs is 3. The van der Waals surface area contributed by atoms with Gasteiger partial charge in [0.1, 0.15) is 11.6 Å². The molecule has 0 radical (unpaired) electrons. The van der Waals surface area contributed by atoms with Gasteiger partial charge in [-0.25, -0.2) is 4.98 Å². The van der Waals surface area contributed by atoms with E-state index in [4.69, 9.17) is 4.74 Å². The summed E-state index contributed by atoms with van der Waals surface area (Å²) in [6.45, 7) is 0. The summed E-state index contributed by atoms with van der Waals surface area (Å²) >= 11 is 0. The second-order valence-electron chi connectivity index (χ2n) is 5.85. The fourth-order valence-corrected chi connectivity index (χ4v) is 3.36. The molecule has 2 heterocycles. The predicted octanol–water partition coefficient (Wildman–Crippen LogP) is 3.21. The van der Waals surface area contributed by atoms with Crippen molar-refractivity contribution >= 4 is 16.8 Å². The Balaban J connectivity index is 1.93. The highest BCUT2D eigenvalue weighted by Gasteiger charge is 2.37.